The minimum absolute atomic E-state index is 1.73. The minimum atomic E-state index is -2.53. The van der Waals surface area contributed by atoms with E-state index in [2.05, 4.69) is 0 Å². The molecule has 0 saturated heterocycles. The van der Waals surface area contributed by atoms with Gasteiger partial charge in [0, 0.05) is 17.5 Å². The summed E-state index contributed by atoms with van der Waals surface area (Å²) in [5.74, 6) is -24.5. The predicted octanol–water partition coefficient (Wildman–Crippen LogP) is 4.67. The summed E-state index contributed by atoms with van der Waals surface area (Å²) in [6, 6.07) is 0. The lowest BCUT2D eigenvalue weighted by Gasteiger charge is -2.11. The lowest BCUT2D eigenvalue weighted by Crippen LogP contribution is -2.12. The van der Waals surface area contributed by atoms with Gasteiger partial charge in [0.1, 0.15) is 0 Å². The Bertz CT molecular complexity index is 686. The molecule has 2 aromatic rings. The van der Waals surface area contributed by atoms with Crippen molar-refractivity contribution in [3.05, 3.63) is 69.3 Å². The van der Waals surface area contributed by atoms with Crippen LogP contribution in [-0.4, -0.2) is 0 Å². The van der Waals surface area contributed by atoms with Crippen LogP contribution in [0.3, 0.4) is 0 Å². The monoisotopic (exact) mass is 348 g/mol. The highest BCUT2D eigenvalue weighted by Crippen LogP contribution is 2.29. The van der Waals surface area contributed by atoms with Gasteiger partial charge in [-0.05, 0) is 0 Å². The molecule has 0 saturated carbocycles. The van der Waals surface area contributed by atoms with Crippen LogP contribution in [0, 0.1) is 58.2 Å². The predicted molar refractivity (Wildman–Crippen MR) is 55.3 cm³/mol. The van der Waals surface area contributed by atoms with Gasteiger partial charge in [-0.1, -0.05) is 0 Å². The number of halogens is 10. The Balaban J connectivity index is 2.71. The molecule has 124 valence electrons. The zero-order valence-corrected chi connectivity index (χ0v) is 10.5. The van der Waals surface area contributed by atoms with Gasteiger partial charge in [0.2, 0.25) is 11.6 Å². The second-order valence-corrected chi connectivity index (χ2v) is 4.27. The van der Waals surface area contributed by atoms with Gasteiger partial charge in [-0.25, -0.2) is 43.9 Å². The standard InChI is InChI=1S/C13H2F10/c14-4-2(5(15)9(19)12(22)8(4)18)1-3-6(16)10(20)13(23)11(21)7(3)17/h1H2. The number of benzene rings is 2. The van der Waals surface area contributed by atoms with Gasteiger partial charge >= 0.3 is 0 Å². The fourth-order valence-corrected chi connectivity index (χ4v) is 1.79. The van der Waals surface area contributed by atoms with E-state index in [0.717, 1.165) is 0 Å². The van der Waals surface area contributed by atoms with Crippen molar-refractivity contribution in [2.45, 2.75) is 6.42 Å². The molecule has 0 aliphatic heterocycles. The summed E-state index contributed by atoms with van der Waals surface area (Å²) < 4.78 is 131. The van der Waals surface area contributed by atoms with Gasteiger partial charge in [0.05, 0.1) is 0 Å². The molecule has 0 spiro atoms. The van der Waals surface area contributed by atoms with Gasteiger partial charge in [-0.3, -0.25) is 0 Å². The van der Waals surface area contributed by atoms with Crippen LogP contribution in [0.1, 0.15) is 11.1 Å². The van der Waals surface area contributed by atoms with E-state index in [1.54, 1.807) is 0 Å². The molecule has 23 heavy (non-hydrogen) atoms. The van der Waals surface area contributed by atoms with Crippen LogP contribution >= 0.6 is 0 Å². The van der Waals surface area contributed by atoms with Crippen molar-refractivity contribution < 1.29 is 43.9 Å². The molecule has 0 nitrogen and oxygen atoms in total. The molecule has 0 aromatic heterocycles. The third-order valence-electron chi connectivity index (χ3n) is 2.95. The Morgan fingerprint density at radius 1 is 0.304 bits per heavy atom. The highest BCUT2D eigenvalue weighted by atomic mass is 19.2. The van der Waals surface area contributed by atoms with E-state index in [0.29, 0.717) is 0 Å². The summed E-state index contributed by atoms with van der Waals surface area (Å²) in [4.78, 5) is 0. The van der Waals surface area contributed by atoms with E-state index in [4.69, 9.17) is 0 Å². The van der Waals surface area contributed by atoms with Crippen LogP contribution in [0.15, 0.2) is 0 Å². The molecule has 2 rings (SSSR count). The fraction of sp³-hybridized carbons (Fsp3) is 0.0769. The quantitative estimate of drug-likeness (QED) is 0.420. The van der Waals surface area contributed by atoms with Crippen molar-refractivity contribution in [2.24, 2.45) is 0 Å². The van der Waals surface area contributed by atoms with E-state index in [1.165, 1.54) is 0 Å². The molecular formula is C13H2F10. The van der Waals surface area contributed by atoms with Gasteiger partial charge in [0.25, 0.3) is 0 Å². The summed E-state index contributed by atoms with van der Waals surface area (Å²) in [6.07, 6.45) is -1.74. The van der Waals surface area contributed by atoms with E-state index in [1.807, 2.05) is 0 Å². The van der Waals surface area contributed by atoms with Crippen molar-refractivity contribution >= 4 is 0 Å². The van der Waals surface area contributed by atoms with E-state index in [-0.39, 0.29) is 0 Å². The molecule has 2 aromatic carbocycles. The van der Waals surface area contributed by atoms with Gasteiger partial charge in [0.15, 0.2) is 46.5 Å². The maximum absolute atomic E-state index is 13.4. The summed E-state index contributed by atoms with van der Waals surface area (Å²) in [5.41, 5.74) is -3.46. The van der Waals surface area contributed by atoms with Crippen LogP contribution in [0.25, 0.3) is 0 Å². The first-order valence-corrected chi connectivity index (χ1v) is 5.60. The molecule has 0 unspecified atom stereocenters. The Kier molecular flexibility index (Phi) is 4.27. The molecule has 10 heteroatoms. The Morgan fingerprint density at radius 2 is 0.478 bits per heavy atom. The van der Waals surface area contributed by atoms with Crippen LogP contribution in [0.2, 0.25) is 0 Å². The third kappa shape index (κ3) is 2.51. The number of hydrogen-bond donors (Lipinski definition) is 0. The molecule has 0 radical (unpaired) electrons. The first-order valence-electron chi connectivity index (χ1n) is 5.60. The summed E-state index contributed by atoms with van der Waals surface area (Å²) in [7, 11) is 0. The Hall–Kier alpha value is -2.26. The van der Waals surface area contributed by atoms with Gasteiger partial charge in [-0.15, -0.1) is 0 Å². The maximum atomic E-state index is 13.4. The Morgan fingerprint density at radius 3 is 0.696 bits per heavy atom. The first-order chi connectivity index (χ1) is 10.6. The minimum Gasteiger partial charge on any atom is -0.203 e. The van der Waals surface area contributed by atoms with Crippen molar-refractivity contribution in [3.63, 3.8) is 0 Å². The average Bonchev–Trinajstić information content (AvgIpc) is 2.54. The van der Waals surface area contributed by atoms with E-state index in [9.17, 15) is 43.9 Å². The van der Waals surface area contributed by atoms with Gasteiger partial charge in [-0.2, -0.15) is 0 Å². The molecule has 0 heterocycles. The van der Waals surface area contributed by atoms with Crippen molar-refractivity contribution in [2.75, 3.05) is 0 Å². The summed E-state index contributed by atoms with van der Waals surface area (Å²) >= 11 is 0. The van der Waals surface area contributed by atoms with Crippen LogP contribution < -0.4 is 0 Å². The van der Waals surface area contributed by atoms with Crippen molar-refractivity contribution in [1.82, 2.24) is 0 Å². The second kappa shape index (κ2) is 5.74. The second-order valence-electron chi connectivity index (χ2n) is 4.27. The van der Waals surface area contributed by atoms with E-state index < -0.39 is 75.7 Å². The van der Waals surface area contributed by atoms with Crippen molar-refractivity contribution in [1.29, 1.82) is 0 Å². The lowest BCUT2D eigenvalue weighted by molar-refractivity contribution is 0.362. The molecule has 0 fully saturated rings. The highest BCUT2D eigenvalue weighted by Gasteiger charge is 2.30. The maximum Gasteiger partial charge on any atom is 0.200 e. The molecule has 0 bridgehead atoms. The van der Waals surface area contributed by atoms with E-state index >= 15 is 0 Å². The molecule has 0 aliphatic carbocycles. The zero-order chi connectivity index (χ0) is 17.6. The Labute approximate surface area is 121 Å². The van der Waals surface area contributed by atoms with Crippen LogP contribution in [0.5, 0.6) is 0 Å². The SMILES string of the molecule is Fc1c(F)c(F)c(Cc2c(F)c(F)c(F)c(F)c2F)c(F)c1F. The fourth-order valence-electron chi connectivity index (χ4n) is 1.79. The molecular weight excluding hydrogens is 346 g/mol. The number of rotatable bonds is 2. The first kappa shape index (κ1) is 17.1. The molecule has 0 aliphatic rings. The molecule has 0 atom stereocenters. The topological polar surface area (TPSA) is 0 Å². The van der Waals surface area contributed by atoms with Crippen LogP contribution in [-0.2, 0) is 6.42 Å². The summed E-state index contributed by atoms with van der Waals surface area (Å²) in [6.45, 7) is 0. The van der Waals surface area contributed by atoms with Gasteiger partial charge < -0.3 is 0 Å². The lowest BCUT2D eigenvalue weighted by atomic mass is 10.0. The van der Waals surface area contributed by atoms with Crippen molar-refractivity contribution in [3.8, 4) is 0 Å². The third-order valence-corrected chi connectivity index (χ3v) is 2.95. The largest absolute Gasteiger partial charge is 0.203 e. The highest BCUT2D eigenvalue weighted by molar-refractivity contribution is 5.33. The normalized spacial score (nSPS) is 11.2. The molecule has 0 amide bonds. The summed E-state index contributed by atoms with van der Waals surface area (Å²) in [5, 5.41) is 0. The average molecular weight is 348 g/mol. The smallest absolute Gasteiger partial charge is 0.200 e. The zero-order valence-electron chi connectivity index (χ0n) is 10.5. The van der Waals surface area contributed by atoms with Crippen LogP contribution in [0.4, 0.5) is 43.9 Å². The number of hydrogen-bond acceptors (Lipinski definition) is 0. The molecule has 0 N–H and O–H groups in total.